The number of nitrogens with one attached hydrogen (secondary N) is 1. The van der Waals surface area contributed by atoms with E-state index in [1.165, 1.54) is 11.8 Å². The molecule has 3 N–H and O–H groups in total. The summed E-state index contributed by atoms with van der Waals surface area (Å²) < 4.78 is 1.62. The van der Waals surface area contributed by atoms with Gasteiger partial charge in [0.15, 0.2) is 5.16 Å². The van der Waals surface area contributed by atoms with Crippen LogP contribution in [0.5, 0.6) is 0 Å². The van der Waals surface area contributed by atoms with E-state index in [2.05, 4.69) is 15.5 Å². The first kappa shape index (κ1) is 14.4. The van der Waals surface area contributed by atoms with Gasteiger partial charge in [0.1, 0.15) is 6.54 Å². The van der Waals surface area contributed by atoms with Crippen LogP contribution in [0.1, 0.15) is 12.5 Å². The topological polar surface area (TPSA) is 85.8 Å². The molecule has 0 atom stereocenters. The van der Waals surface area contributed by atoms with E-state index in [0.717, 1.165) is 11.3 Å². The highest BCUT2D eigenvalue weighted by Gasteiger charge is 2.12. The van der Waals surface area contributed by atoms with Gasteiger partial charge in [0.05, 0.1) is 0 Å². The van der Waals surface area contributed by atoms with Gasteiger partial charge in [-0.2, -0.15) is 0 Å². The normalized spacial score (nSPS) is 10.4. The molecular formula is C13H17N5OS. The molecule has 0 aliphatic carbocycles. The van der Waals surface area contributed by atoms with E-state index >= 15 is 0 Å². The molecule has 0 radical (unpaired) electrons. The van der Waals surface area contributed by atoms with Crippen LogP contribution in [-0.4, -0.2) is 26.4 Å². The van der Waals surface area contributed by atoms with Gasteiger partial charge in [-0.1, -0.05) is 49.0 Å². The summed E-state index contributed by atoms with van der Waals surface area (Å²) in [5.41, 5.74) is 6.78. The average molecular weight is 291 g/mol. The maximum absolute atomic E-state index is 11.9. The molecule has 2 aromatic rings. The third-order valence-electron chi connectivity index (χ3n) is 2.65. The number of carbonyl (C=O) groups excluding carboxylic acids is 1. The van der Waals surface area contributed by atoms with E-state index in [4.69, 9.17) is 5.73 Å². The zero-order valence-corrected chi connectivity index (χ0v) is 12.1. The fraction of sp³-hybridized carbons (Fsp3) is 0.308. The number of nitrogen functional groups attached to an aromatic ring is 1. The van der Waals surface area contributed by atoms with Crippen LogP contribution in [-0.2, 0) is 17.9 Å². The van der Waals surface area contributed by atoms with Crippen LogP contribution in [0.25, 0.3) is 0 Å². The van der Waals surface area contributed by atoms with Crippen molar-refractivity contribution >= 4 is 23.6 Å². The van der Waals surface area contributed by atoms with Crippen LogP contribution >= 0.6 is 11.8 Å². The first-order valence-corrected chi connectivity index (χ1v) is 7.31. The van der Waals surface area contributed by atoms with Crippen LogP contribution in [0.4, 0.5) is 5.95 Å². The predicted molar refractivity (Wildman–Crippen MR) is 79.1 cm³/mol. The summed E-state index contributed by atoms with van der Waals surface area (Å²) in [4.78, 5) is 11.9. The monoisotopic (exact) mass is 291 g/mol. The Balaban J connectivity index is 1.93. The van der Waals surface area contributed by atoms with Crippen molar-refractivity contribution in [3.63, 3.8) is 0 Å². The molecule has 106 valence electrons. The smallest absolute Gasteiger partial charge is 0.240 e. The molecule has 1 amide bonds. The quantitative estimate of drug-likeness (QED) is 0.783. The number of rotatable bonds is 6. The number of hydrogen-bond acceptors (Lipinski definition) is 5. The van der Waals surface area contributed by atoms with Gasteiger partial charge in [-0.3, -0.25) is 9.36 Å². The lowest BCUT2D eigenvalue weighted by atomic mass is 10.2. The summed E-state index contributed by atoms with van der Waals surface area (Å²) in [5.74, 6) is 0.998. The van der Waals surface area contributed by atoms with Gasteiger partial charge in [0.2, 0.25) is 11.9 Å². The summed E-state index contributed by atoms with van der Waals surface area (Å²) in [6.45, 7) is 2.64. The Kier molecular flexibility index (Phi) is 5.00. The van der Waals surface area contributed by atoms with Crippen molar-refractivity contribution in [1.82, 2.24) is 20.1 Å². The third-order valence-corrected chi connectivity index (χ3v) is 3.50. The van der Waals surface area contributed by atoms with Crippen molar-refractivity contribution in [3.05, 3.63) is 35.9 Å². The number of thioether (sulfide) groups is 1. The van der Waals surface area contributed by atoms with Crippen molar-refractivity contribution in [2.24, 2.45) is 0 Å². The Bertz CT molecular complexity index is 569. The lowest BCUT2D eigenvalue weighted by Crippen LogP contribution is -2.27. The molecule has 0 fully saturated rings. The van der Waals surface area contributed by atoms with E-state index in [1.807, 2.05) is 37.3 Å². The maximum Gasteiger partial charge on any atom is 0.240 e. The van der Waals surface area contributed by atoms with Gasteiger partial charge >= 0.3 is 0 Å². The summed E-state index contributed by atoms with van der Waals surface area (Å²) in [5, 5.41) is 11.3. The third kappa shape index (κ3) is 3.74. The Hall–Kier alpha value is -2.02. The van der Waals surface area contributed by atoms with Gasteiger partial charge in [-0.15, -0.1) is 10.2 Å². The summed E-state index contributed by atoms with van der Waals surface area (Å²) in [6, 6.07) is 9.75. The average Bonchev–Trinajstić information content (AvgIpc) is 2.80. The number of carbonyl (C=O) groups is 1. The van der Waals surface area contributed by atoms with E-state index in [1.54, 1.807) is 4.57 Å². The first-order valence-electron chi connectivity index (χ1n) is 6.32. The molecule has 0 aliphatic rings. The molecule has 0 aliphatic heterocycles. The largest absolute Gasteiger partial charge is 0.368 e. The zero-order chi connectivity index (χ0) is 14.4. The van der Waals surface area contributed by atoms with Crippen molar-refractivity contribution < 1.29 is 4.79 Å². The number of nitrogens with zero attached hydrogens (tertiary/aromatic N) is 3. The number of amides is 1. The molecule has 20 heavy (non-hydrogen) atoms. The molecule has 0 unspecified atom stereocenters. The minimum atomic E-state index is -0.113. The van der Waals surface area contributed by atoms with Crippen molar-refractivity contribution in [3.8, 4) is 0 Å². The Labute approximate surface area is 121 Å². The van der Waals surface area contributed by atoms with E-state index < -0.39 is 0 Å². The standard InChI is InChI=1S/C13H17N5OS/c1-2-20-13-17-16-12(14)18(13)9-11(19)15-8-10-6-4-3-5-7-10/h3-7H,2,8-9H2,1H3,(H2,14,16)(H,15,19). The molecule has 2 rings (SSSR count). The molecule has 7 heteroatoms. The van der Waals surface area contributed by atoms with E-state index in [9.17, 15) is 4.79 Å². The van der Waals surface area contributed by atoms with E-state index in [-0.39, 0.29) is 18.4 Å². The van der Waals surface area contributed by atoms with Crippen molar-refractivity contribution in [2.45, 2.75) is 25.2 Å². The number of anilines is 1. The SMILES string of the molecule is CCSc1nnc(N)n1CC(=O)NCc1ccccc1. The molecule has 1 heterocycles. The molecule has 1 aromatic heterocycles. The van der Waals surface area contributed by atoms with E-state index in [0.29, 0.717) is 11.7 Å². The van der Waals surface area contributed by atoms with Crippen molar-refractivity contribution in [2.75, 3.05) is 11.5 Å². The zero-order valence-electron chi connectivity index (χ0n) is 11.2. The number of hydrogen-bond donors (Lipinski definition) is 2. The Morgan fingerprint density at radius 1 is 1.35 bits per heavy atom. The molecule has 1 aromatic carbocycles. The summed E-state index contributed by atoms with van der Waals surface area (Å²) in [7, 11) is 0. The van der Waals surface area contributed by atoms with Gasteiger partial charge in [-0.25, -0.2) is 0 Å². The minimum absolute atomic E-state index is 0.113. The molecular weight excluding hydrogens is 274 g/mol. The second kappa shape index (κ2) is 6.95. The highest BCUT2D eigenvalue weighted by atomic mass is 32.2. The summed E-state index contributed by atoms with van der Waals surface area (Å²) in [6.07, 6.45) is 0. The second-order valence-electron chi connectivity index (χ2n) is 4.12. The summed E-state index contributed by atoms with van der Waals surface area (Å²) >= 11 is 1.51. The van der Waals surface area contributed by atoms with Gasteiger partial charge in [0, 0.05) is 6.54 Å². The maximum atomic E-state index is 11.9. The van der Waals surface area contributed by atoms with Crippen LogP contribution in [0.15, 0.2) is 35.5 Å². The van der Waals surface area contributed by atoms with Crippen LogP contribution in [0.3, 0.4) is 0 Å². The van der Waals surface area contributed by atoms with Crippen molar-refractivity contribution in [1.29, 1.82) is 0 Å². The highest BCUT2D eigenvalue weighted by Crippen LogP contribution is 2.17. The van der Waals surface area contributed by atoms with Crippen LogP contribution in [0.2, 0.25) is 0 Å². The van der Waals surface area contributed by atoms with Gasteiger partial charge in [0.25, 0.3) is 0 Å². The number of benzene rings is 1. The molecule has 0 bridgehead atoms. The highest BCUT2D eigenvalue weighted by molar-refractivity contribution is 7.99. The lowest BCUT2D eigenvalue weighted by molar-refractivity contribution is -0.121. The van der Waals surface area contributed by atoms with Gasteiger partial charge < -0.3 is 11.1 Å². The second-order valence-corrected chi connectivity index (χ2v) is 5.35. The lowest BCUT2D eigenvalue weighted by Gasteiger charge is -2.08. The number of nitrogens with two attached hydrogens (primary N) is 1. The fourth-order valence-electron chi connectivity index (χ4n) is 1.68. The van der Waals surface area contributed by atoms with Crippen LogP contribution < -0.4 is 11.1 Å². The Morgan fingerprint density at radius 2 is 2.10 bits per heavy atom. The van der Waals surface area contributed by atoms with Crippen LogP contribution in [0, 0.1) is 0 Å². The molecule has 0 saturated carbocycles. The van der Waals surface area contributed by atoms with Gasteiger partial charge in [-0.05, 0) is 11.3 Å². The number of aromatic nitrogens is 3. The molecule has 0 saturated heterocycles. The molecule has 6 nitrogen and oxygen atoms in total. The Morgan fingerprint density at radius 3 is 2.80 bits per heavy atom. The molecule has 0 spiro atoms. The minimum Gasteiger partial charge on any atom is -0.368 e. The fourth-order valence-corrected chi connectivity index (χ4v) is 2.35. The predicted octanol–water partition coefficient (Wildman–Crippen LogP) is 1.29. The first-order chi connectivity index (χ1) is 9.70.